The zero-order valence-corrected chi connectivity index (χ0v) is 10.6. The monoisotopic (exact) mass is 275 g/mol. The summed E-state index contributed by atoms with van der Waals surface area (Å²) in [7, 11) is 1.97. The van der Waals surface area contributed by atoms with Gasteiger partial charge in [0.1, 0.15) is 18.1 Å². The van der Waals surface area contributed by atoms with E-state index in [1.165, 1.54) is 12.8 Å². The molecule has 0 atom stereocenters. The summed E-state index contributed by atoms with van der Waals surface area (Å²) < 4.78 is 42.8. The first-order chi connectivity index (χ1) is 8.88. The van der Waals surface area contributed by atoms with Crippen molar-refractivity contribution in [1.29, 1.82) is 0 Å². The summed E-state index contributed by atoms with van der Waals surface area (Å²) in [6.45, 7) is 0.965. The van der Waals surface area contributed by atoms with Crippen LogP contribution in [0.4, 0.5) is 18.9 Å². The summed E-state index contributed by atoms with van der Waals surface area (Å²) in [5.74, 6) is 0.0338. The highest BCUT2D eigenvalue weighted by atomic mass is 19.4. The van der Waals surface area contributed by atoms with Crippen molar-refractivity contribution in [1.82, 2.24) is 9.88 Å². The molecule has 4 nitrogen and oxygen atoms in total. The number of hydrogen-bond acceptors (Lipinski definition) is 4. The van der Waals surface area contributed by atoms with Gasteiger partial charge in [0, 0.05) is 18.7 Å². The Balaban J connectivity index is 1.94. The predicted octanol–water partition coefficient (Wildman–Crippen LogP) is 2.16. The van der Waals surface area contributed by atoms with Gasteiger partial charge in [0.15, 0.2) is 0 Å². The summed E-state index contributed by atoms with van der Waals surface area (Å²) in [6.07, 6.45) is -1.17. The third-order valence-electron chi connectivity index (χ3n) is 3.06. The zero-order valence-electron chi connectivity index (χ0n) is 10.6. The first-order valence-corrected chi connectivity index (χ1v) is 6.03. The summed E-state index contributed by atoms with van der Waals surface area (Å²) >= 11 is 0. The van der Waals surface area contributed by atoms with Crippen LogP contribution < -0.4 is 10.5 Å². The van der Waals surface area contributed by atoms with Crippen LogP contribution in [0.5, 0.6) is 5.75 Å². The molecular weight excluding hydrogens is 259 g/mol. The van der Waals surface area contributed by atoms with E-state index in [0.717, 1.165) is 12.3 Å². The van der Waals surface area contributed by atoms with Crippen molar-refractivity contribution in [2.24, 2.45) is 0 Å². The number of pyridine rings is 1. The quantitative estimate of drug-likeness (QED) is 0.894. The Hall–Kier alpha value is -1.50. The van der Waals surface area contributed by atoms with E-state index in [-0.39, 0.29) is 11.4 Å². The van der Waals surface area contributed by atoms with Crippen LogP contribution in [0, 0.1) is 0 Å². The van der Waals surface area contributed by atoms with E-state index in [4.69, 9.17) is 10.5 Å². The van der Waals surface area contributed by atoms with E-state index in [0.29, 0.717) is 19.2 Å². The largest absolute Gasteiger partial charge is 0.490 e. The van der Waals surface area contributed by atoms with Crippen molar-refractivity contribution in [3.8, 4) is 5.75 Å². The molecule has 2 rings (SSSR count). The number of hydrogen-bond donors (Lipinski definition) is 1. The third kappa shape index (κ3) is 3.73. The number of nitrogens with two attached hydrogens (primary N) is 1. The Morgan fingerprint density at radius 2 is 2.16 bits per heavy atom. The lowest BCUT2D eigenvalue weighted by molar-refractivity contribution is -0.141. The number of halogens is 3. The van der Waals surface area contributed by atoms with Gasteiger partial charge in [-0.3, -0.25) is 0 Å². The van der Waals surface area contributed by atoms with Gasteiger partial charge in [-0.1, -0.05) is 0 Å². The molecule has 0 aromatic carbocycles. The molecule has 0 amide bonds. The van der Waals surface area contributed by atoms with Gasteiger partial charge < -0.3 is 15.4 Å². The molecule has 1 saturated carbocycles. The third-order valence-corrected chi connectivity index (χ3v) is 3.06. The fourth-order valence-corrected chi connectivity index (χ4v) is 1.72. The lowest BCUT2D eigenvalue weighted by Crippen LogP contribution is -2.26. The Bertz CT molecular complexity index is 446. The molecule has 1 heterocycles. The Morgan fingerprint density at radius 3 is 2.74 bits per heavy atom. The minimum Gasteiger partial charge on any atom is -0.490 e. The van der Waals surface area contributed by atoms with Crippen molar-refractivity contribution >= 4 is 5.69 Å². The molecule has 0 aliphatic heterocycles. The number of rotatable bonds is 5. The second-order valence-electron chi connectivity index (χ2n) is 4.67. The average Bonchev–Trinajstić information content (AvgIpc) is 3.13. The first-order valence-electron chi connectivity index (χ1n) is 6.03. The Morgan fingerprint density at radius 1 is 1.47 bits per heavy atom. The van der Waals surface area contributed by atoms with E-state index in [9.17, 15) is 13.2 Å². The number of aromatic nitrogens is 1. The molecule has 0 unspecified atom stereocenters. The second kappa shape index (κ2) is 5.24. The van der Waals surface area contributed by atoms with E-state index >= 15 is 0 Å². The normalized spacial score (nSPS) is 15.8. The van der Waals surface area contributed by atoms with Gasteiger partial charge in [0.25, 0.3) is 0 Å². The molecule has 1 fully saturated rings. The molecular formula is C12H16F3N3O. The van der Waals surface area contributed by atoms with E-state index in [2.05, 4.69) is 9.88 Å². The molecule has 0 saturated heterocycles. The molecule has 1 aromatic heterocycles. The van der Waals surface area contributed by atoms with Crippen molar-refractivity contribution in [3.05, 3.63) is 18.0 Å². The standard InChI is InChI=1S/C12H16F3N3O/c1-18(8-2-3-8)4-5-19-10-6-11(12(13,14)15)17-7-9(10)16/h6-8H,2-5,16H2,1H3. The first kappa shape index (κ1) is 13.9. The van der Waals surface area contributed by atoms with Crippen molar-refractivity contribution in [2.75, 3.05) is 25.9 Å². The molecule has 19 heavy (non-hydrogen) atoms. The Labute approximate surface area is 109 Å². The lowest BCUT2D eigenvalue weighted by atomic mass is 10.3. The molecule has 7 heteroatoms. The SMILES string of the molecule is CN(CCOc1cc(C(F)(F)F)ncc1N)C1CC1. The molecule has 0 bridgehead atoms. The summed E-state index contributed by atoms with van der Waals surface area (Å²) in [5, 5.41) is 0. The molecule has 0 radical (unpaired) electrons. The van der Waals surface area contributed by atoms with Crippen LogP contribution in [0.2, 0.25) is 0 Å². The molecule has 0 spiro atoms. The smallest absolute Gasteiger partial charge is 0.433 e. The minimum absolute atomic E-state index is 0.0338. The van der Waals surface area contributed by atoms with Gasteiger partial charge in [0.2, 0.25) is 0 Å². The maximum Gasteiger partial charge on any atom is 0.433 e. The highest BCUT2D eigenvalue weighted by Gasteiger charge is 2.33. The van der Waals surface area contributed by atoms with Crippen molar-refractivity contribution in [3.63, 3.8) is 0 Å². The van der Waals surface area contributed by atoms with Gasteiger partial charge >= 0.3 is 6.18 Å². The molecule has 2 N–H and O–H groups in total. The van der Waals surface area contributed by atoms with Gasteiger partial charge in [0.05, 0.1) is 11.9 Å². The van der Waals surface area contributed by atoms with Crippen LogP contribution in [-0.2, 0) is 6.18 Å². The fourth-order valence-electron chi connectivity index (χ4n) is 1.72. The van der Waals surface area contributed by atoms with Crippen LogP contribution in [0.25, 0.3) is 0 Å². The lowest BCUT2D eigenvalue weighted by Gasteiger charge is -2.17. The summed E-state index contributed by atoms with van der Waals surface area (Å²) in [4.78, 5) is 5.38. The maximum absolute atomic E-state index is 12.5. The zero-order chi connectivity index (χ0) is 14.0. The van der Waals surface area contributed by atoms with Gasteiger partial charge in [-0.05, 0) is 19.9 Å². The van der Waals surface area contributed by atoms with E-state index in [1.807, 2.05) is 7.05 Å². The summed E-state index contributed by atoms with van der Waals surface area (Å²) in [6, 6.07) is 1.43. The highest BCUT2D eigenvalue weighted by molar-refractivity contribution is 5.51. The number of likely N-dealkylation sites (N-methyl/N-ethyl adjacent to an activating group) is 1. The van der Waals surface area contributed by atoms with Crippen LogP contribution in [0.15, 0.2) is 12.3 Å². The molecule has 1 aromatic rings. The van der Waals surface area contributed by atoms with Gasteiger partial charge in [-0.15, -0.1) is 0 Å². The van der Waals surface area contributed by atoms with Gasteiger partial charge in [-0.25, -0.2) is 4.98 Å². The Kier molecular flexibility index (Phi) is 3.84. The number of anilines is 1. The molecule has 1 aliphatic rings. The van der Waals surface area contributed by atoms with Crippen LogP contribution >= 0.6 is 0 Å². The molecule has 1 aliphatic carbocycles. The van der Waals surface area contributed by atoms with Crippen molar-refractivity contribution < 1.29 is 17.9 Å². The maximum atomic E-state index is 12.5. The van der Waals surface area contributed by atoms with Gasteiger partial charge in [-0.2, -0.15) is 13.2 Å². The number of alkyl halides is 3. The molecule has 106 valence electrons. The topological polar surface area (TPSA) is 51.4 Å². The number of nitrogen functional groups attached to an aromatic ring is 1. The summed E-state index contributed by atoms with van der Waals surface area (Å²) in [5.41, 5.74) is 4.67. The predicted molar refractivity (Wildman–Crippen MR) is 64.8 cm³/mol. The van der Waals surface area contributed by atoms with Crippen LogP contribution in [0.3, 0.4) is 0 Å². The highest BCUT2D eigenvalue weighted by Crippen LogP contribution is 2.32. The van der Waals surface area contributed by atoms with Crippen LogP contribution in [0.1, 0.15) is 18.5 Å². The van der Waals surface area contributed by atoms with Crippen molar-refractivity contribution in [2.45, 2.75) is 25.1 Å². The average molecular weight is 275 g/mol. The fraction of sp³-hybridized carbons (Fsp3) is 0.583. The number of nitrogens with zero attached hydrogens (tertiary/aromatic N) is 2. The number of ether oxygens (including phenoxy) is 1. The second-order valence-corrected chi connectivity index (χ2v) is 4.67. The minimum atomic E-state index is -4.49. The van der Waals surface area contributed by atoms with E-state index in [1.54, 1.807) is 0 Å². The van der Waals surface area contributed by atoms with E-state index < -0.39 is 11.9 Å². The van der Waals surface area contributed by atoms with Crippen LogP contribution in [-0.4, -0.2) is 36.1 Å².